The van der Waals surface area contributed by atoms with Gasteiger partial charge in [-0.05, 0) is 36.4 Å². The number of fused-ring (bicyclic) bond motifs is 2. The fourth-order valence-electron chi connectivity index (χ4n) is 5.16. The highest BCUT2D eigenvalue weighted by Gasteiger charge is 2.53. The highest BCUT2D eigenvalue weighted by Crippen LogP contribution is 2.39. The molecule has 0 radical (unpaired) electrons. The number of hydrogen-bond acceptors (Lipinski definition) is 13. The Bertz CT molecular complexity index is 1870. The summed E-state index contributed by atoms with van der Waals surface area (Å²) in [6.45, 7) is 4.31. The maximum Gasteiger partial charge on any atom is 0.340 e. The van der Waals surface area contributed by atoms with Crippen molar-refractivity contribution in [2.45, 2.75) is 69.2 Å². The summed E-state index contributed by atoms with van der Waals surface area (Å²) in [5.41, 5.74) is 1.40. The number of halogens is 1. The molecular formula is C31H29BrN2O11S. The Morgan fingerprint density at radius 1 is 0.891 bits per heavy atom. The first-order valence-electron chi connectivity index (χ1n) is 14.0. The van der Waals surface area contributed by atoms with Crippen LogP contribution in [0.15, 0.2) is 67.4 Å². The number of hydrogen-bond donors (Lipinski definition) is 0. The van der Waals surface area contributed by atoms with Crippen LogP contribution in [-0.2, 0) is 48.6 Å². The smallest absolute Gasteiger partial charge is 0.340 e. The Morgan fingerprint density at radius 3 is 2.26 bits per heavy atom. The van der Waals surface area contributed by atoms with Crippen molar-refractivity contribution in [3.63, 3.8) is 0 Å². The number of rotatable bonds is 9. The van der Waals surface area contributed by atoms with E-state index in [4.69, 9.17) is 33.1 Å². The number of nitrogens with zero attached hydrogens (tertiary/aromatic N) is 2. The Kier molecular flexibility index (Phi) is 10.1. The number of para-hydroxylation sites is 2. The van der Waals surface area contributed by atoms with Crippen LogP contribution in [0.1, 0.15) is 39.5 Å². The fraction of sp³-hybridized carbons (Fsp3) is 0.355. The topological polar surface area (TPSA) is 162 Å². The summed E-state index contributed by atoms with van der Waals surface area (Å²) in [5.74, 6) is -2.69. The summed E-state index contributed by atoms with van der Waals surface area (Å²) in [7, 11) is 0. The van der Waals surface area contributed by atoms with Crippen LogP contribution in [-0.4, -0.2) is 64.5 Å². The summed E-state index contributed by atoms with van der Waals surface area (Å²) in [5, 5.41) is 1.08. The number of carbonyl (C=O) groups excluding carboxylic acids is 4. The minimum absolute atomic E-state index is 0.138. The lowest BCUT2D eigenvalue weighted by atomic mass is 9.97. The third-order valence-electron chi connectivity index (χ3n) is 6.91. The van der Waals surface area contributed by atoms with E-state index in [1.165, 1.54) is 25.6 Å². The number of carbonyl (C=O) groups is 4. The predicted octanol–water partition coefficient (Wildman–Crippen LogP) is 4.45. The average Bonchev–Trinajstić information content (AvgIpc) is 3.35. The second-order valence-electron chi connectivity index (χ2n) is 10.4. The predicted molar refractivity (Wildman–Crippen MR) is 167 cm³/mol. The molecule has 0 N–H and O–H groups in total. The summed E-state index contributed by atoms with van der Waals surface area (Å²) in [6, 6.07) is 14.1. The molecule has 15 heteroatoms. The van der Waals surface area contributed by atoms with E-state index in [0.29, 0.717) is 27.3 Å². The second-order valence-corrected chi connectivity index (χ2v) is 12.2. The molecule has 4 aromatic rings. The van der Waals surface area contributed by atoms with Crippen LogP contribution in [0.4, 0.5) is 0 Å². The molecule has 0 aliphatic carbocycles. The van der Waals surface area contributed by atoms with Gasteiger partial charge in [-0.25, -0.2) is 9.78 Å². The largest absolute Gasteiger partial charge is 0.463 e. The van der Waals surface area contributed by atoms with Crippen molar-refractivity contribution in [3.05, 3.63) is 69.0 Å². The molecule has 0 spiro atoms. The molecule has 2 aromatic heterocycles. The number of thioether (sulfide) groups is 1. The van der Waals surface area contributed by atoms with Crippen LogP contribution in [0.25, 0.3) is 22.0 Å². The van der Waals surface area contributed by atoms with E-state index in [9.17, 15) is 24.0 Å². The third-order valence-corrected chi connectivity index (χ3v) is 8.40. The van der Waals surface area contributed by atoms with Crippen LogP contribution in [0.3, 0.4) is 0 Å². The van der Waals surface area contributed by atoms with Crippen LogP contribution >= 0.6 is 27.7 Å². The van der Waals surface area contributed by atoms with Crippen LogP contribution < -0.4 is 5.63 Å². The first-order chi connectivity index (χ1) is 21.9. The van der Waals surface area contributed by atoms with Gasteiger partial charge in [-0.15, -0.1) is 0 Å². The first-order valence-corrected chi connectivity index (χ1v) is 15.8. The van der Waals surface area contributed by atoms with E-state index in [2.05, 4.69) is 15.9 Å². The van der Waals surface area contributed by atoms with E-state index in [0.717, 1.165) is 23.7 Å². The normalized spacial score (nSPS) is 21.1. The standard InChI is InChI=1S/C31H29BrN2O11S/c1-15(35)40-13-25-26(41-16(2)36)27(42-17(3)37)28(43-18(4)38)29(44-25)34-23-8-6-5-7-22(23)33-31(34)46-14-20-11-19-12-21(32)9-10-24(19)45-30(20)39/h5-12,25-29H,13-14H2,1-4H3/t25-,26-,27+,28-,29-/m1/s1. The molecule has 0 bridgehead atoms. The summed E-state index contributed by atoms with van der Waals surface area (Å²) in [4.78, 5) is 66.3. The molecule has 5 atom stereocenters. The van der Waals surface area contributed by atoms with Crippen molar-refractivity contribution < 1.29 is 47.3 Å². The minimum Gasteiger partial charge on any atom is -0.463 e. The zero-order chi connectivity index (χ0) is 33.1. The van der Waals surface area contributed by atoms with Crippen molar-refractivity contribution in [2.75, 3.05) is 6.61 Å². The molecule has 2 aromatic carbocycles. The molecular weight excluding hydrogens is 688 g/mol. The summed E-state index contributed by atoms with van der Waals surface area (Å²) >= 11 is 4.63. The van der Waals surface area contributed by atoms with E-state index >= 15 is 0 Å². The van der Waals surface area contributed by atoms with Gasteiger partial charge in [-0.1, -0.05) is 39.8 Å². The van der Waals surface area contributed by atoms with Gasteiger partial charge >= 0.3 is 29.5 Å². The molecule has 1 aliphatic rings. The maximum atomic E-state index is 12.9. The zero-order valence-electron chi connectivity index (χ0n) is 25.1. The van der Waals surface area contributed by atoms with Crippen molar-refractivity contribution in [1.82, 2.24) is 9.55 Å². The van der Waals surface area contributed by atoms with Gasteiger partial charge in [0.25, 0.3) is 0 Å². The Hall–Kier alpha value is -4.21. The molecule has 13 nitrogen and oxygen atoms in total. The SMILES string of the molecule is CC(=O)OC[C@H]1O[C@@H](n2c(SCc3cc4cc(Br)ccc4oc3=O)nc3ccccc32)[C@H](OC(C)=O)[C@@H](OC(C)=O)[C@@H]1OC(C)=O. The number of aromatic nitrogens is 2. The van der Waals surface area contributed by atoms with E-state index in [1.54, 1.807) is 47.0 Å². The van der Waals surface area contributed by atoms with E-state index in [1.807, 2.05) is 6.07 Å². The molecule has 46 heavy (non-hydrogen) atoms. The van der Waals surface area contributed by atoms with Gasteiger partial charge in [0.1, 0.15) is 18.3 Å². The molecule has 3 heterocycles. The first kappa shape index (κ1) is 33.2. The van der Waals surface area contributed by atoms with Crippen molar-refractivity contribution >= 4 is 73.6 Å². The lowest BCUT2D eigenvalue weighted by molar-refractivity contribution is -0.269. The fourth-order valence-corrected chi connectivity index (χ4v) is 6.53. The number of esters is 4. The van der Waals surface area contributed by atoms with Crippen LogP contribution in [0, 0.1) is 0 Å². The molecule has 242 valence electrons. The van der Waals surface area contributed by atoms with Gasteiger partial charge in [0.2, 0.25) is 0 Å². The molecule has 0 unspecified atom stereocenters. The third kappa shape index (κ3) is 7.43. The van der Waals surface area contributed by atoms with Crippen molar-refractivity contribution in [3.8, 4) is 0 Å². The van der Waals surface area contributed by atoms with Gasteiger partial charge in [0.15, 0.2) is 29.7 Å². The molecule has 1 fully saturated rings. The van der Waals surface area contributed by atoms with Crippen molar-refractivity contribution in [2.24, 2.45) is 0 Å². The number of ether oxygens (including phenoxy) is 5. The summed E-state index contributed by atoms with van der Waals surface area (Å²) < 4.78 is 36.5. The van der Waals surface area contributed by atoms with Gasteiger partial charge in [-0.3, -0.25) is 23.7 Å². The summed E-state index contributed by atoms with van der Waals surface area (Å²) in [6.07, 6.45) is -6.40. The van der Waals surface area contributed by atoms with Gasteiger partial charge in [0.05, 0.1) is 11.0 Å². The highest BCUT2D eigenvalue weighted by molar-refractivity contribution is 9.10. The zero-order valence-corrected chi connectivity index (χ0v) is 27.5. The highest BCUT2D eigenvalue weighted by atomic mass is 79.9. The lowest BCUT2D eigenvalue weighted by Gasteiger charge is -2.45. The molecule has 1 aliphatic heterocycles. The Balaban J connectivity index is 1.61. The van der Waals surface area contributed by atoms with Gasteiger partial charge in [0, 0.05) is 48.9 Å². The quantitative estimate of drug-likeness (QED) is 0.103. The second kappa shape index (κ2) is 14.1. The molecule has 0 amide bonds. The molecule has 0 saturated carbocycles. The minimum atomic E-state index is -1.37. The number of benzene rings is 2. The van der Waals surface area contributed by atoms with Crippen LogP contribution in [0.2, 0.25) is 0 Å². The number of imidazole rings is 1. The Morgan fingerprint density at radius 2 is 1.57 bits per heavy atom. The van der Waals surface area contributed by atoms with Crippen LogP contribution in [0.5, 0.6) is 0 Å². The van der Waals surface area contributed by atoms with E-state index < -0.39 is 60.1 Å². The molecule has 1 saturated heterocycles. The molecule has 5 rings (SSSR count). The average molecular weight is 718 g/mol. The van der Waals surface area contributed by atoms with Gasteiger partial charge in [-0.2, -0.15) is 0 Å². The van der Waals surface area contributed by atoms with E-state index in [-0.39, 0.29) is 12.4 Å². The maximum absolute atomic E-state index is 12.9. The van der Waals surface area contributed by atoms with Gasteiger partial charge < -0.3 is 28.1 Å². The van der Waals surface area contributed by atoms with Crippen molar-refractivity contribution in [1.29, 1.82) is 0 Å². The monoisotopic (exact) mass is 716 g/mol. The Labute approximate surface area is 274 Å². The lowest BCUT2D eigenvalue weighted by Crippen LogP contribution is -2.60.